The maximum Gasteiger partial charge on any atom is 0.573 e. The quantitative estimate of drug-likeness (QED) is 0.878. The molecule has 1 aliphatic rings. The Labute approximate surface area is 127 Å². The fraction of sp³-hybridized carbons (Fsp3) is 0.533. The van der Waals surface area contributed by atoms with Crippen LogP contribution in [0.25, 0.3) is 0 Å². The first-order valence-electron chi connectivity index (χ1n) is 7.24. The molecular formula is C15H19F3N2O2. The SMILES string of the molecule is O=C(CC1CCNCC1)NCc1cccc(OC(F)(F)F)c1. The smallest absolute Gasteiger partial charge is 0.406 e. The lowest BCUT2D eigenvalue weighted by Crippen LogP contribution is -2.32. The first kappa shape index (κ1) is 16.6. The number of carbonyl (C=O) groups is 1. The van der Waals surface area contributed by atoms with Gasteiger partial charge in [0.2, 0.25) is 5.91 Å². The van der Waals surface area contributed by atoms with Gasteiger partial charge in [-0.3, -0.25) is 4.79 Å². The average Bonchev–Trinajstić information content (AvgIpc) is 2.45. The largest absolute Gasteiger partial charge is 0.573 e. The molecule has 122 valence electrons. The van der Waals surface area contributed by atoms with Crippen LogP contribution in [0.15, 0.2) is 24.3 Å². The Kier molecular flexibility index (Phi) is 5.65. The molecule has 1 aromatic rings. The molecule has 22 heavy (non-hydrogen) atoms. The molecular weight excluding hydrogens is 297 g/mol. The molecule has 2 N–H and O–H groups in total. The molecule has 1 amide bonds. The van der Waals surface area contributed by atoms with E-state index in [0.717, 1.165) is 25.9 Å². The standard InChI is InChI=1S/C15H19F3N2O2/c16-15(17,18)22-13-3-1-2-12(8-13)10-20-14(21)9-11-4-6-19-7-5-11/h1-3,8,11,19H,4-7,9-10H2,(H,20,21). The maximum atomic E-state index is 12.2. The molecule has 0 bridgehead atoms. The molecule has 2 rings (SSSR count). The predicted octanol–water partition coefficient (Wildman–Crippen LogP) is 2.59. The van der Waals surface area contributed by atoms with Crippen molar-refractivity contribution >= 4 is 5.91 Å². The van der Waals surface area contributed by atoms with E-state index < -0.39 is 6.36 Å². The van der Waals surface area contributed by atoms with Gasteiger partial charge in [0.05, 0.1) is 0 Å². The van der Waals surface area contributed by atoms with E-state index in [9.17, 15) is 18.0 Å². The Morgan fingerprint density at radius 2 is 2.05 bits per heavy atom. The van der Waals surface area contributed by atoms with Gasteiger partial charge in [-0.1, -0.05) is 12.1 Å². The lowest BCUT2D eigenvalue weighted by molar-refractivity contribution is -0.274. The number of piperidine rings is 1. The van der Waals surface area contributed by atoms with Crippen LogP contribution in [-0.4, -0.2) is 25.4 Å². The first-order valence-corrected chi connectivity index (χ1v) is 7.24. The number of halogens is 3. The highest BCUT2D eigenvalue weighted by molar-refractivity contribution is 5.76. The average molecular weight is 316 g/mol. The third-order valence-electron chi connectivity index (χ3n) is 3.55. The zero-order valence-corrected chi connectivity index (χ0v) is 12.1. The summed E-state index contributed by atoms with van der Waals surface area (Å²) in [5, 5.41) is 5.97. The molecule has 0 aliphatic carbocycles. The second-order valence-electron chi connectivity index (χ2n) is 5.37. The van der Waals surface area contributed by atoms with Gasteiger partial charge in [0.25, 0.3) is 0 Å². The van der Waals surface area contributed by atoms with Gasteiger partial charge >= 0.3 is 6.36 Å². The monoisotopic (exact) mass is 316 g/mol. The van der Waals surface area contributed by atoms with E-state index in [1.54, 1.807) is 6.07 Å². The predicted molar refractivity (Wildman–Crippen MR) is 75.2 cm³/mol. The topological polar surface area (TPSA) is 50.4 Å². The van der Waals surface area contributed by atoms with Gasteiger partial charge in [-0.15, -0.1) is 13.2 Å². The summed E-state index contributed by atoms with van der Waals surface area (Å²) in [5.41, 5.74) is 0.570. The van der Waals surface area contributed by atoms with Crippen molar-refractivity contribution in [3.05, 3.63) is 29.8 Å². The number of carbonyl (C=O) groups excluding carboxylic acids is 1. The molecule has 0 radical (unpaired) electrons. The van der Waals surface area contributed by atoms with Crippen molar-refractivity contribution in [1.82, 2.24) is 10.6 Å². The minimum Gasteiger partial charge on any atom is -0.406 e. The van der Waals surface area contributed by atoms with Crippen molar-refractivity contribution in [1.29, 1.82) is 0 Å². The number of hydrogen-bond acceptors (Lipinski definition) is 3. The lowest BCUT2D eigenvalue weighted by atomic mass is 9.94. The molecule has 1 aliphatic heterocycles. The second-order valence-corrected chi connectivity index (χ2v) is 5.37. The summed E-state index contributed by atoms with van der Waals surface area (Å²) in [5.74, 6) is 0.0211. The summed E-state index contributed by atoms with van der Waals surface area (Å²) in [4.78, 5) is 11.9. The molecule has 1 fully saturated rings. The zero-order chi connectivity index (χ0) is 16.0. The number of rotatable bonds is 5. The van der Waals surface area contributed by atoms with E-state index in [1.165, 1.54) is 18.2 Å². The van der Waals surface area contributed by atoms with Crippen molar-refractivity contribution in [2.45, 2.75) is 32.2 Å². The van der Waals surface area contributed by atoms with E-state index in [1.807, 2.05) is 0 Å². The highest BCUT2D eigenvalue weighted by Crippen LogP contribution is 2.23. The van der Waals surface area contributed by atoms with Gasteiger partial charge in [-0.05, 0) is 49.5 Å². The van der Waals surface area contributed by atoms with Gasteiger partial charge in [0, 0.05) is 13.0 Å². The summed E-state index contributed by atoms with van der Waals surface area (Å²) in [6, 6.07) is 5.62. The minimum atomic E-state index is -4.71. The summed E-state index contributed by atoms with van der Waals surface area (Å²) in [6.07, 6.45) is -2.30. The molecule has 0 atom stereocenters. The number of ether oxygens (including phenoxy) is 1. The Hall–Kier alpha value is -1.76. The van der Waals surface area contributed by atoms with Crippen molar-refractivity contribution in [2.75, 3.05) is 13.1 Å². The van der Waals surface area contributed by atoms with Crippen molar-refractivity contribution < 1.29 is 22.7 Å². The molecule has 1 saturated heterocycles. The highest BCUT2D eigenvalue weighted by Gasteiger charge is 2.31. The zero-order valence-electron chi connectivity index (χ0n) is 12.1. The molecule has 0 saturated carbocycles. The van der Waals surface area contributed by atoms with Crippen LogP contribution in [0.2, 0.25) is 0 Å². The third-order valence-corrected chi connectivity index (χ3v) is 3.55. The first-order chi connectivity index (χ1) is 10.4. The van der Waals surface area contributed by atoms with E-state index in [4.69, 9.17) is 0 Å². The molecule has 0 unspecified atom stereocenters. The Morgan fingerprint density at radius 1 is 1.32 bits per heavy atom. The number of nitrogens with one attached hydrogen (secondary N) is 2. The van der Waals surface area contributed by atoms with Crippen LogP contribution in [0.5, 0.6) is 5.75 Å². The number of alkyl halides is 3. The maximum absolute atomic E-state index is 12.2. The Balaban J connectivity index is 1.80. The summed E-state index contributed by atoms with van der Waals surface area (Å²) < 4.78 is 40.3. The molecule has 4 nitrogen and oxygen atoms in total. The number of benzene rings is 1. The molecule has 1 heterocycles. The van der Waals surface area contributed by atoms with Crippen molar-refractivity contribution in [3.8, 4) is 5.75 Å². The van der Waals surface area contributed by atoms with Crippen LogP contribution in [0, 0.1) is 5.92 Å². The van der Waals surface area contributed by atoms with E-state index in [-0.39, 0.29) is 18.2 Å². The fourth-order valence-electron chi connectivity index (χ4n) is 2.47. The molecule has 7 heteroatoms. The summed E-state index contributed by atoms with van der Waals surface area (Å²) >= 11 is 0. The van der Waals surface area contributed by atoms with Crippen molar-refractivity contribution in [2.24, 2.45) is 5.92 Å². The van der Waals surface area contributed by atoms with E-state index in [2.05, 4.69) is 15.4 Å². The molecule has 0 spiro atoms. The third kappa shape index (κ3) is 5.93. The van der Waals surface area contributed by atoms with Gasteiger partial charge in [-0.2, -0.15) is 0 Å². The Bertz CT molecular complexity index is 500. The fourth-order valence-corrected chi connectivity index (χ4v) is 2.47. The number of hydrogen-bond donors (Lipinski definition) is 2. The molecule has 0 aromatic heterocycles. The minimum absolute atomic E-state index is 0.0750. The lowest BCUT2D eigenvalue weighted by Gasteiger charge is -2.21. The number of amides is 1. The van der Waals surface area contributed by atoms with E-state index >= 15 is 0 Å². The van der Waals surface area contributed by atoms with Gasteiger partial charge in [0.15, 0.2) is 0 Å². The van der Waals surface area contributed by atoms with Crippen LogP contribution in [0.1, 0.15) is 24.8 Å². The van der Waals surface area contributed by atoms with Gasteiger partial charge < -0.3 is 15.4 Å². The van der Waals surface area contributed by atoms with Crippen LogP contribution in [0.3, 0.4) is 0 Å². The van der Waals surface area contributed by atoms with E-state index in [0.29, 0.717) is 17.9 Å². The van der Waals surface area contributed by atoms with Crippen LogP contribution in [0.4, 0.5) is 13.2 Å². The Morgan fingerprint density at radius 3 is 2.73 bits per heavy atom. The summed E-state index contributed by atoms with van der Waals surface area (Å²) in [7, 11) is 0. The van der Waals surface area contributed by atoms with Crippen LogP contribution >= 0.6 is 0 Å². The van der Waals surface area contributed by atoms with Gasteiger partial charge in [0.1, 0.15) is 5.75 Å². The highest BCUT2D eigenvalue weighted by atomic mass is 19.4. The van der Waals surface area contributed by atoms with Crippen LogP contribution in [-0.2, 0) is 11.3 Å². The molecule has 1 aromatic carbocycles. The van der Waals surface area contributed by atoms with Crippen molar-refractivity contribution in [3.63, 3.8) is 0 Å². The summed E-state index contributed by atoms with van der Waals surface area (Å²) in [6.45, 7) is 2.04. The second kappa shape index (κ2) is 7.49. The normalized spacial score (nSPS) is 16.3. The van der Waals surface area contributed by atoms with Gasteiger partial charge in [-0.25, -0.2) is 0 Å². The van der Waals surface area contributed by atoms with Crippen LogP contribution < -0.4 is 15.4 Å².